The van der Waals surface area contributed by atoms with E-state index in [0.717, 1.165) is 16.9 Å². The van der Waals surface area contributed by atoms with E-state index in [1.165, 1.54) is 0 Å². The summed E-state index contributed by atoms with van der Waals surface area (Å²) in [5.74, 6) is 0.936. The lowest BCUT2D eigenvalue weighted by molar-refractivity contribution is 0.291. The average Bonchev–Trinajstić information content (AvgIpc) is 2.56. The zero-order chi connectivity index (χ0) is 11.5. The second kappa shape index (κ2) is 4.82. The number of rotatable bonds is 4. The third-order valence-electron chi connectivity index (χ3n) is 2.51. The van der Waals surface area contributed by atoms with Gasteiger partial charge in [-0.25, -0.2) is 4.98 Å². The molecule has 86 valence electrons. The molecular weight excluding hydrogens is 226 g/mol. The van der Waals surface area contributed by atoms with Crippen LogP contribution in [0.5, 0.6) is 0 Å². The summed E-state index contributed by atoms with van der Waals surface area (Å²) in [7, 11) is 1.97. The van der Waals surface area contributed by atoms with Gasteiger partial charge >= 0.3 is 0 Å². The lowest BCUT2D eigenvalue weighted by Crippen LogP contribution is -2.19. The van der Waals surface area contributed by atoms with E-state index in [4.69, 9.17) is 16.7 Å². The molecule has 5 heteroatoms. The minimum Gasteiger partial charge on any atom is -0.395 e. The first-order valence-electron chi connectivity index (χ1n) is 5.15. The van der Waals surface area contributed by atoms with E-state index in [0.29, 0.717) is 18.1 Å². The Labute approximate surface area is 98.9 Å². The molecule has 0 unspecified atom stereocenters. The Hall–Kier alpha value is -1.10. The first-order valence-corrected chi connectivity index (χ1v) is 5.52. The molecule has 0 aliphatic heterocycles. The molecule has 1 aromatic carbocycles. The summed E-state index contributed by atoms with van der Waals surface area (Å²) in [6.45, 7) is 1.35. The molecule has 0 amide bonds. The molecule has 2 aromatic rings. The maximum atomic E-state index is 8.68. The van der Waals surface area contributed by atoms with Crippen LogP contribution in [0.25, 0.3) is 11.0 Å². The smallest absolute Gasteiger partial charge is 0.123 e. The molecule has 0 radical (unpaired) electrons. The molecule has 0 spiro atoms. The highest BCUT2D eigenvalue weighted by Gasteiger charge is 2.07. The number of hydrogen-bond acceptors (Lipinski definition) is 3. The van der Waals surface area contributed by atoms with Gasteiger partial charge in [-0.15, -0.1) is 0 Å². The highest BCUT2D eigenvalue weighted by atomic mass is 35.5. The molecule has 0 saturated heterocycles. The number of nitrogens with zero attached hydrogens (tertiary/aromatic N) is 2. The van der Waals surface area contributed by atoms with Gasteiger partial charge in [0.2, 0.25) is 0 Å². The predicted molar refractivity (Wildman–Crippen MR) is 64.5 cm³/mol. The molecule has 16 heavy (non-hydrogen) atoms. The van der Waals surface area contributed by atoms with Crippen LogP contribution in [0.15, 0.2) is 18.2 Å². The molecular formula is C11H14ClN3O. The van der Waals surface area contributed by atoms with Crippen LogP contribution in [-0.2, 0) is 13.6 Å². The predicted octanol–water partition coefficient (Wildman–Crippen LogP) is 1.31. The standard InChI is InChI=1S/C11H14ClN3O/c1-15-10-3-2-8(12)6-9(10)14-11(15)7-13-4-5-16/h2-3,6,13,16H,4-5,7H2,1H3. The van der Waals surface area contributed by atoms with E-state index >= 15 is 0 Å². The van der Waals surface area contributed by atoms with E-state index in [1.807, 2.05) is 29.8 Å². The highest BCUT2D eigenvalue weighted by molar-refractivity contribution is 6.31. The van der Waals surface area contributed by atoms with Crippen LogP contribution in [0.2, 0.25) is 5.02 Å². The van der Waals surface area contributed by atoms with E-state index < -0.39 is 0 Å². The Morgan fingerprint density at radius 1 is 1.50 bits per heavy atom. The molecule has 2 N–H and O–H groups in total. The van der Waals surface area contributed by atoms with E-state index in [2.05, 4.69) is 10.3 Å². The van der Waals surface area contributed by atoms with Crippen molar-refractivity contribution in [2.45, 2.75) is 6.54 Å². The molecule has 1 heterocycles. The van der Waals surface area contributed by atoms with Gasteiger partial charge in [-0.3, -0.25) is 0 Å². The SMILES string of the molecule is Cn1c(CNCCO)nc2cc(Cl)ccc21. The van der Waals surface area contributed by atoms with Crippen molar-refractivity contribution in [3.8, 4) is 0 Å². The van der Waals surface area contributed by atoms with E-state index in [1.54, 1.807) is 0 Å². The minimum absolute atomic E-state index is 0.135. The monoisotopic (exact) mass is 239 g/mol. The van der Waals surface area contributed by atoms with E-state index in [-0.39, 0.29) is 6.61 Å². The Bertz CT molecular complexity index is 495. The molecule has 0 aliphatic carbocycles. The van der Waals surface area contributed by atoms with Crippen molar-refractivity contribution in [2.75, 3.05) is 13.2 Å². The summed E-state index contributed by atoms with van der Waals surface area (Å²) in [4.78, 5) is 4.48. The highest BCUT2D eigenvalue weighted by Crippen LogP contribution is 2.19. The van der Waals surface area contributed by atoms with Crippen molar-refractivity contribution in [1.82, 2.24) is 14.9 Å². The van der Waals surface area contributed by atoms with Crippen LogP contribution >= 0.6 is 11.6 Å². The van der Waals surface area contributed by atoms with Crippen LogP contribution in [0.4, 0.5) is 0 Å². The molecule has 0 saturated carbocycles. The Balaban J connectivity index is 2.29. The first kappa shape index (κ1) is 11.4. The van der Waals surface area contributed by atoms with Gasteiger partial charge in [0.15, 0.2) is 0 Å². The second-order valence-corrected chi connectivity index (χ2v) is 4.06. The van der Waals surface area contributed by atoms with Crippen LogP contribution in [0.3, 0.4) is 0 Å². The quantitative estimate of drug-likeness (QED) is 0.791. The van der Waals surface area contributed by atoms with Crippen LogP contribution < -0.4 is 5.32 Å². The van der Waals surface area contributed by atoms with Crippen molar-refractivity contribution in [1.29, 1.82) is 0 Å². The van der Waals surface area contributed by atoms with Gasteiger partial charge in [0.1, 0.15) is 5.82 Å². The maximum Gasteiger partial charge on any atom is 0.123 e. The largest absolute Gasteiger partial charge is 0.395 e. The lowest BCUT2D eigenvalue weighted by Gasteiger charge is -2.02. The maximum absolute atomic E-state index is 8.68. The molecule has 0 aliphatic rings. The number of nitrogens with one attached hydrogen (secondary N) is 1. The first-order chi connectivity index (χ1) is 7.72. The fourth-order valence-corrected chi connectivity index (χ4v) is 1.83. The minimum atomic E-state index is 0.135. The van der Waals surface area contributed by atoms with Crippen molar-refractivity contribution >= 4 is 22.6 Å². The van der Waals surface area contributed by atoms with Crippen LogP contribution in [0, 0.1) is 0 Å². The van der Waals surface area contributed by atoms with E-state index in [9.17, 15) is 0 Å². The molecule has 4 nitrogen and oxygen atoms in total. The topological polar surface area (TPSA) is 50.1 Å². The molecule has 0 bridgehead atoms. The van der Waals surface area contributed by atoms with Crippen molar-refractivity contribution < 1.29 is 5.11 Å². The number of benzene rings is 1. The summed E-state index contributed by atoms with van der Waals surface area (Å²) in [5, 5.41) is 12.5. The third-order valence-corrected chi connectivity index (χ3v) is 2.74. The molecule has 0 fully saturated rings. The fourth-order valence-electron chi connectivity index (χ4n) is 1.66. The number of fused-ring (bicyclic) bond motifs is 1. The average molecular weight is 240 g/mol. The zero-order valence-electron chi connectivity index (χ0n) is 9.07. The summed E-state index contributed by atoms with van der Waals surface area (Å²) < 4.78 is 2.02. The molecule has 2 rings (SSSR count). The van der Waals surface area contributed by atoms with Gasteiger partial charge in [-0.1, -0.05) is 11.6 Å². The Morgan fingerprint density at radius 3 is 3.06 bits per heavy atom. The number of aliphatic hydroxyl groups is 1. The van der Waals surface area contributed by atoms with Gasteiger partial charge < -0.3 is 15.0 Å². The number of aromatic nitrogens is 2. The van der Waals surface area contributed by atoms with Gasteiger partial charge in [0, 0.05) is 18.6 Å². The van der Waals surface area contributed by atoms with Crippen molar-refractivity contribution in [2.24, 2.45) is 7.05 Å². The molecule has 0 atom stereocenters. The number of hydrogen-bond donors (Lipinski definition) is 2. The van der Waals surface area contributed by atoms with Gasteiger partial charge in [-0.05, 0) is 18.2 Å². The van der Waals surface area contributed by atoms with Crippen LogP contribution in [-0.4, -0.2) is 27.8 Å². The van der Waals surface area contributed by atoms with Crippen molar-refractivity contribution in [3.63, 3.8) is 0 Å². The molecule has 1 aromatic heterocycles. The third kappa shape index (κ3) is 2.19. The number of aryl methyl sites for hydroxylation is 1. The summed E-state index contributed by atoms with van der Waals surface area (Å²) in [6, 6.07) is 5.67. The van der Waals surface area contributed by atoms with Crippen molar-refractivity contribution in [3.05, 3.63) is 29.0 Å². The number of aliphatic hydroxyl groups excluding tert-OH is 1. The summed E-state index contributed by atoms with van der Waals surface area (Å²) >= 11 is 5.91. The summed E-state index contributed by atoms with van der Waals surface area (Å²) in [6.07, 6.45) is 0. The zero-order valence-corrected chi connectivity index (χ0v) is 9.83. The Morgan fingerprint density at radius 2 is 2.31 bits per heavy atom. The fraction of sp³-hybridized carbons (Fsp3) is 0.364. The lowest BCUT2D eigenvalue weighted by atomic mass is 10.3. The second-order valence-electron chi connectivity index (χ2n) is 3.62. The number of imidazole rings is 1. The van der Waals surface area contributed by atoms with Gasteiger partial charge in [0.05, 0.1) is 24.2 Å². The van der Waals surface area contributed by atoms with Gasteiger partial charge in [-0.2, -0.15) is 0 Å². The van der Waals surface area contributed by atoms with Crippen LogP contribution in [0.1, 0.15) is 5.82 Å². The normalized spacial score (nSPS) is 11.2. The summed E-state index contributed by atoms with van der Waals surface area (Å²) in [5.41, 5.74) is 1.96. The Kier molecular flexibility index (Phi) is 3.43. The van der Waals surface area contributed by atoms with Gasteiger partial charge in [0.25, 0.3) is 0 Å². The number of halogens is 1.